The summed E-state index contributed by atoms with van der Waals surface area (Å²) >= 11 is 10.9. The summed E-state index contributed by atoms with van der Waals surface area (Å²) in [6.07, 6.45) is 0. The molecule has 0 bridgehead atoms. The molecule has 0 radical (unpaired) electrons. The molecule has 0 saturated heterocycles. The third kappa shape index (κ3) is 1.67. The van der Waals surface area contributed by atoms with Gasteiger partial charge in [0.1, 0.15) is 5.69 Å². The van der Waals surface area contributed by atoms with Gasteiger partial charge in [0, 0.05) is 0 Å². The molecule has 0 aliphatic carbocycles. The molecule has 1 aromatic heterocycles. The second-order valence-corrected chi connectivity index (χ2v) is 3.21. The van der Waals surface area contributed by atoms with Crippen molar-refractivity contribution in [3.05, 3.63) is 21.6 Å². The maximum atomic E-state index is 10.3. The normalized spacial score (nSPS) is 10.7. The molecule has 1 heterocycles. The molecule has 0 aliphatic rings. The van der Waals surface area contributed by atoms with Gasteiger partial charge in [0.25, 0.3) is 0 Å². The Hall–Kier alpha value is -0.810. The molecule has 5 nitrogen and oxygen atoms in total. The minimum atomic E-state index is -0.864. The largest absolute Gasteiger partial charge is 0.358 e. The molecular weight excluding hydrogens is 205 g/mol. The first kappa shape index (κ1) is 9.28. The van der Waals surface area contributed by atoms with Crippen molar-refractivity contribution in [3.63, 3.8) is 0 Å². The number of nitrogens with zero attached hydrogens (tertiary/aromatic N) is 2. The summed E-state index contributed by atoms with van der Waals surface area (Å²) in [4.78, 5) is 15.1. The number of rotatable bonds is 2. The van der Waals surface area contributed by atoms with Crippen molar-refractivity contribution in [2.24, 2.45) is 0 Å². The monoisotopic (exact) mass is 209 g/mol. The molecule has 1 rings (SSSR count). The van der Waals surface area contributed by atoms with Crippen molar-refractivity contribution in [3.8, 4) is 0 Å². The van der Waals surface area contributed by atoms with Crippen molar-refractivity contribution in [1.82, 2.24) is 9.97 Å². The van der Waals surface area contributed by atoms with E-state index in [-0.39, 0.29) is 17.3 Å². The van der Waals surface area contributed by atoms with Gasteiger partial charge < -0.3 is 10.1 Å². The Morgan fingerprint density at radius 3 is 2.50 bits per heavy atom. The topological polar surface area (TPSA) is 71.8 Å². The number of aromatic amines is 1. The molecule has 1 aromatic rings. The predicted octanol–water partition coefficient (Wildman–Crippen LogP) is 2.10. The second-order valence-electron chi connectivity index (χ2n) is 2.11. The van der Waals surface area contributed by atoms with Crippen molar-refractivity contribution in [2.75, 3.05) is 0 Å². The van der Waals surface area contributed by atoms with Gasteiger partial charge in [0.15, 0.2) is 4.84 Å². The first-order valence-corrected chi connectivity index (χ1v) is 3.88. The van der Waals surface area contributed by atoms with Crippen LogP contribution < -0.4 is 0 Å². The average Bonchev–Trinajstić information content (AvgIpc) is 2.30. The van der Waals surface area contributed by atoms with Crippen LogP contribution >= 0.6 is 23.2 Å². The van der Waals surface area contributed by atoms with Gasteiger partial charge in [-0.3, -0.25) is 0 Å². The molecule has 0 atom stereocenters. The van der Waals surface area contributed by atoms with Crippen LogP contribution in [0.4, 0.5) is 5.82 Å². The predicted molar refractivity (Wildman–Crippen MR) is 44.4 cm³/mol. The number of nitro groups is 1. The Morgan fingerprint density at radius 2 is 2.25 bits per heavy atom. The van der Waals surface area contributed by atoms with E-state index in [2.05, 4.69) is 9.97 Å². The van der Waals surface area contributed by atoms with Crippen LogP contribution in [-0.2, 0) is 0 Å². The maximum Gasteiger partial charge on any atom is 0.343 e. The van der Waals surface area contributed by atoms with E-state index in [4.69, 9.17) is 23.2 Å². The van der Waals surface area contributed by atoms with Crippen molar-refractivity contribution < 1.29 is 4.92 Å². The van der Waals surface area contributed by atoms with E-state index in [1.54, 1.807) is 0 Å². The quantitative estimate of drug-likeness (QED) is 0.461. The number of nitrogens with one attached hydrogen (secondary N) is 1. The van der Waals surface area contributed by atoms with E-state index in [1.165, 1.54) is 6.92 Å². The van der Waals surface area contributed by atoms with Crippen molar-refractivity contribution in [2.45, 2.75) is 11.8 Å². The Kier molecular flexibility index (Phi) is 2.54. The van der Waals surface area contributed by atoms with Crippen LogP contribution in [0.1, 0.15) is 16.4 Å². The lowest BCUT2D eigenvalue weighted by molar-refractivity contribution is -0.389. The summed E-state index contributed by atoms with van der Waals surface area (Å²) in [6, 6.07) is 0. The molecule has 66 valence electrons. The third-order valence-corrected chi connectivity index (χ3v) is 1.68. The van der Waals surface area contributed by atoms with Gasteiger partial charge in [-0.1, -0.05) is 23.2 Å². The fourth-order valence-corrected chi connectivity index (χ4v) is 0.961. The zero-order valence-electron chi connectivity index (χ0n) is 6.04. The standard InChI is InChI=1S/C5H5Cl2N3O2/c1-2-5(10(11)12)9-4(8-2)3(6)7/h3H,1H3,(H,8,9). The van der Waals surface area contributed by atoms with Crippen LogP contribution in [0.25, 0.3) is 0 Å². The van der Waals surface area contributed by atoms with Crippen LogP contribution in [0.3, 0.4) is 0 Å². The number of H-pyrrole nitrogens is 1. The van der Waals surface area contributed by atoms with E-state index >= 15 is 0 Å². The third-order valence-electron chi connectivity index (χ3n) is 1.27. The zero-order valence-corrected chi connectivity index (χ0v) is 7.56. The highest BCUT2D eigenvalue weighted by atomic mass is 35.5. The lowest BCUT2D eigenvalue weighted by Gasteiger charge is -1.89. The first-order chi connectivity index (χ1) is 5.52. The Labute approximate surface area is 77.8 Å². The molecule has 0 fully saturated rings. The molecule has 0 spiro atoms. The van der Waals surface area contributed by atoms with Gasteiger partial charge in [-0.15, -0.1) is 0 Å². The lowest BCUT2D eigenvalue weighted by atomic mass is 10.5. The Balaban J connectivity index is 3.09. The van der Waals surface area contributed by atoms with Gasteiger partial charge in [0.05, 0.1) is 0 Å². The number of hydrogen-bond donors (Lipinski definition) is 1. The summed E-state index contributed by atoms with van der Waals surface area (Å²) in [5.74, 6) is 0.0267. The number of hydrogen-bond acceptors (Lipinski definition) is 3. The number of imidazole rings is 1. The lowest BCUT2D eigenvalue weighted by Crippen LogP contribution is -1.90. The van der Waals surface area contributed by atoms with Crippen LogP contribution in [0, 0.1) is 17.0 Å². The molecule has 7 heteroatoms. The number of alkyl halides is 2. The zero-order chi connectivity index (χ0) is 9.30. The second kappa shape index (κ2) is 3.28. The van der Waals surface area contributed by atoms with E-state index in [1.807, 2.05) is 0 Å². The summed E-state index contributed by atoms with van der Waals surface area (Å²) in [6.45, 7) is 1.51. The Morgan fingerprint density at radius 1 is 1.67 bits per heavy atom. The summed E-state index contributed by atoms with van der Waals surface area (Å²) in [7, 11) is 0. The van der Waals surface area contributed by atoms with Gasteiger partial charge >= 0.3 is 5.82 Å². The van der Waals surface area contributed by atoms with Gasteiger partial charge in [-0.05, 0) is 11.8 Å². The average molecular weight is 210 g/mol. The first-order valence-electron chi connectivity index (χ1n) is 3.01. The van der Waals surface area contributed by atoms with E-state index in [0.29, 0.717) is 0 Å². The maximum absolute atomic E-state index is 10.3. The minimum absolute atomic E-state index is 0.170. The fraction of sp³-hybridized carbons (Fsp3) is 0.400. The van der Waals surface area contributed by atoms with Crippen LogP contribution in [0.5, 0.6) is 0 Å². The van der Waals surface area contributed by atoms with Crippen molar-refractivity contribution in [1.29, 1.82) is 0 Å². The van der Waals surface area contributed by atoms with E-state index in [9.17, 15) is 10.1 Å². The Bertz CT molecular complexity index is 310. The molecular formula is C5H5Cl2N3O2. The fourth-order valence-electron chi connectivity index (χ4n) is 0.754. The number of halogens is 2. The summed E-state index contributed by atoms with van der Waals surface area (Å²) in [5, 5.41) is 10.3. The van der Waals surface area contributed by atoms with Crippen LogP contribution in [0.15, 0.2) is 0 Å². The molecule has 0 amide bonds. The minimum Gasteiger partial charge on any atom is -0.358 e. The van der Waals surface area contributed by atoms with Crippen molar-refractivity contribution >= 4 is 29.0 Å². The summed E-state index contributed by atoms with van der Waals surface area (Å²) in [5.41, 5.74) is 0.279. The molecule has 0 unspecified atom stereocenters. The molecule has 0 aromatic carbocycles. The SMILES string of the molecule is Cc1nc(C(Cl)Cl)[nH]c1[N+](=O)[O-]. The smallest absolute Gasteiger partial charge is 0.343 e. The summed E-state index contributed by atoms with van der Waals surface area (Å²) < 4.78 is 0. The van der Waals surface area contributed by atoms with Gasteiger partial charge in [0.2, 0.25) is 5.82 Å². The molecule has 12 heavy (non-hydrogen) atoms. The van der Waals surface area contributed by atoms with Crippen LogP contribution in [-0.4, -0.2) is 14.9 Å². The molecule has 0 saturated carbocycles. The molecule has 1 N–H and O–H groups in total. The van der Waals surface area contributed by atoms with Gasteiger partial charge in [-0.25, -0.2) is 9.97 Å². The van der Waals surface area contributed by atoms with Gasteiger partial charge in [-0.2, -0.15) is 0 Å². The number of aromatic nitrogens is 2. The molecule has 0 aliphatic heterocycles. The highest BCUT2D eigenvalue weighted by Crippen LogP contribution is 2.25. The number of aryl methyl sites for hydroxylation is 1. The highest BCUT2D eigenvalue weighted by Gasteiger charge is 2.19. The highest BCUT2D eigenvalue weighted by molar-refractivity contribution is 6.43. The van der Waals surface area contributed by atoms with E-state index < -0.39 is 9.76 Å². The van der Waals surface area contributed by atoms with Crippen LogP contribution in [0.2, 0.25) is 0 Å². The van der Waals surface area contributed by atoms with E-state index in [0.717, 1.165) is 0 Å².